The van der Waals surface area contributed by atoms with Gasteiger partial charge in [0.05, 0.1) is 0 Å². The number of hydrogen-bond acceptors (Lipinski definition) is 2. The Morgan fingerprint density at radius 1 is 1.24 bits per heavy atom. The summed E-state index contributed by atoms with van der Waals surface area (Å²) in [5.74, 6) is -0.0169. The molecule has 1 aromatic rings. The van der Waals surface area contributed by atoms with E-state index in [9.17, 15) is 9.59 Å². The molecular formula is C16H23N3O2. The van der Waals surface area contributed by atoms with Crippen LogP contribution in [-0.4, -0.2) is 31.1 Å². The first-order valence-corrected chi connectivity index (χ1v) is 7.37. The Morgan fingerprint density at radius 3 is 2.38 bits per heavy atom. The quantitative estimate of drug-likeness (QED) is 0.872. The molecule has 1 aromatic carbocycles. The lowest BCUT2D eigenvalue weighted by Gasteiger charge is -2.25. The fourth-order valence-corrected chi connectivity index (χ4v) is 2.40. The van der Waals surface area contributed by atoms with Crippen molar-refractivity contribution in [1.29, 1.82) is 0 Å². The highest BCUT2D eigenvalue weighted by atomic mass is 16.2. The van der Waals surface area contributed by atoms with Crippen molar-refractivity contribution in [1.82, 2.24) is 10.6 Å². The van der Waals surface area contributed by atoms with Gasteiger partial charge < -0.3 is 15.5 Å². The highest BCUT2D eigenvalue weighted by Crippen LogP contribution is 2.24. The van der Waals surface area contributed by atoms with Crippen LogP contribution in [-0.2, 0) is 4.79 Å². The van der Waals surface area contributed by atoms with E-state index in [2.05, 4.69) is 10.6 Å². The molecule has 0 spiro atoms. The van der Waals surface area contributed by atoms with E-state index in [0.29, 0.717) is 19.1 Å². The molecule has 1 saturated carbocycles. The van der Waals surface area contributed by atoms with Crippen LogP contribution in [0.4, 0.5) is 10.5 Å². The molecule has 0 bridgehead atoms. The first-order valence-electron chi connectivity index (χ1n) is 7.37. The number of anilines is 1. The Hall–Kier alpha value is -2.04. The number of hydrogen-bond donors (Lipinski definition) is 2. The summed E-state index contributed by atoms with van der Waals surface area (Å²) in [7, 11) is 0. The molecule has 0 radical (unpaired) electrons. The second-order valence-corrected chi connectivity index (χ2v) is 5.59. The lowest BCUT2D eigenvalue weighted by Crippen LogP contribution is -2.42. The number of aryl methyl sites for hydroxylation is 2. The van der Waals surface area contributed by atoms with Gasteiger partial charge >= 0.3 is 6.03 Å². The van der Waals surface area contributed by atoms with Gasteiger partial charge in [-0.1, -0.05) is 18.2 Å². The molecule has 21 heavy (non-hydrogen) atoms. The number of carbonyl (C=O) groups excluding carboxylic acids is 2. The van der Waals surface area contributed by atoms with Crippen LogP contribution in [0.5, 0.6) is 0 Å². The number of urea groups is 1. The van der Waals surface area contributed by atoms with Gasteiger partial charge in [-0.15, -0.1) is 0 Å². The molecule has 5 heteroatoms. The summed E-state index contributed by atoms with van der Waals surface area (Å²) < 4.78 is 0. The van der Waals surface area contributed by atoms with Gasteiger partial charge in [0.15, 0.2) is 0 Å². The van der Waals surface area contributed by atoms with Crippen molar-refractivity contribution in [3.63, 3.8) is 0 Å². The number of amides is 3. The van der Waals surface area contributed by atoms with Crippen molar-refractivity contribution < 1.29 is 9.59 Å². The second-order valence-electron chi connectivity index (χ2n) is 5.59. The average molecular weight is 289 g/mol. The van der Waals surface area contributed by atoms with Gasteiger partial charge in [0.1, 0.15) is 0 Å². The van der Waals surface area contributed by atoms with E-state index in [0.717, 1.165) is 29.7 Å². The largest absolute Gasteiger partial charge is 0.336 e. The van der Waals surface area contributed by atoms with Gasteiger partial charge in [-0.25, -0.2) is 4.79 Å². The Morgan fingerprint density at radius 2 is 1.86 bits per heavy atom. The molecule has 1 aliphatic rings. The van der Waals surface area contributed by atoms with Crippen molar-refractivity contribution in [2.75, 3.05) is 18.0 Å². The minimum absolute atomic E-state index is 0.0169. The van der Waals surface area contributed by atoms with Gasteiger partial charge in [-0.2, -0.15) is 0 Å². The Balaban J connectivity index is 1.95. The van der Waals surface area contributed by atoms with Gasteiger partial charge in [-0.3, -0.25) is 4.79 Å². The Labute approximate surface area is 125 Å². The molecule has 0 aromatic heterocycles. The molecule has 3 amide bonds. The Kier molecular flexibility index (Phi) is 4.83. The summed E-state index contributed by atoms with van der Waals surface area (Å²) >= 11 is 0. The maximum atomic E-state index is 11.9. The zero-order chi connectivity index (χ0) is 15.4. The molecule has 0 unspecified atom stereocenters. The summed E-state index contributed by atoms with van der Waals surface area (Å²) in [4.78, 5) is 25.2. The minimum Gasteiger partial charge on any atom is -0.336 e. The van der Waals surface area contributed by atoms with E-state index in [1.807, 2.05) is 32.0 Å². The van der Waals surface area contributed by atoms with Crippen LogP contribution in [0.25, 0.3) is 0 Å². The fourth-order valence-electron chi connectivity index (χ4n) is 2.40. The standard InChI is InChI=1S/C16H23N3O2/c1-11-5-4-6-12(2)15(11)19(13(3)20)10-9-17-16(21)18-14-7-8-14/h4-6,14H,7-10H2,1-3H3,(H2,17,18,21). The monoisotopic (exact) mass is 289 g/mol. The zero-order valence-electron chi connectivity index (χ0n) is 12.9. The molecule has 1 fully saturated rings. The summed E-state index contributed by atoms with van der Waals surface area (Å²) in [6.07, 6.45) is 2.13. The molecule has 0 heterocycles. The van der Waals surface area contributed by atoms with Gasteiger partial charge in [0.2, 0.25) is 5.91 Å². The third-order valence-electron chi connectivity index (χ3n) is 3.62. The normalized spacial score (nSPS) is 13.7. The first-order chi connectivity index (χ1) is 9.99. The van der Waals surface area contributed by atoms with E-state index in [1.165, 1.54) is 0 Å². The first kappa shape index (κ1) is 15.4. The van der Waals surface area contributed by atoms with Crippen molar-refractivity contribution in [2.45, 2.75) is 39.7 Å². The molecule has 114 valence electrons. The topological polar surface area (TPSA) is 61.4 Å². The number of benzene rings is 1. The van der Waals surface area contributed by atoms with Crippen molar-refractivity contribution >= 4 is 17.6 Å². The zero-order valence-corrected chi connectivity index (χ0v) is 12.9. The third-order valence-corrected chi connectivity index (χ3v) is 3.62. The van der Waals surface area contributed by atoms with Crippen LogP contribution < -0.4 is 15.5 Å². The number of nitrogens with zero attached hydrogens (tertiary/aromatic N) is 1. The van der Waals surface area contributed by atoms with Crippen molar-refractivity contribution in [2.24, 2.45) is 0 Å². The molecule has 0 saturated heterocycles. The molecular weight excluding hydrogens is 266 g/mol. The van der Waals surface area contributed by atoms with E-state index in [1.54, 1.807) is 11.8 Å². The third kappa shape index (κ3) is 4.21. The number of carbonyl (C=O) groups is 2. The Bertz CT molecular complexity index is 518. The summed E-state index contributed by atoms with van der Waals surface area (Å²) in [6, 6.07) is 6.15. The van der Waals surface area contributed by atoms with Crippen LogP contribution in [0.15, 0.2) is 18.2 Å². The predicted molar refractivity (Wildman–Crippen MR) is 83.5 cm³/mol. The fraction of sp³-hybridized carbons (Fsp3) is 0.500. The van der Waals surface area contributed by atoms with Crippen molar-refractivity contribution in [3.05, 3.63) is 29.3 Å². The van der Waals surface area contributed by atoms with E-state index >= 15 is 0 Å². The van der Waals surface area contributed by atoms with E-state index in [-0.39, 0.29) is 11.9 Å². The second kappa shape index (κ2) is 6.61. The molecule has 5 nitrogen and oxygen atoms in total. The van der Waals surface area contributed by atoms with Crippen LogP contribution in [0.3, 0.4) is 0 Å². The van der Waals surface area contributed by atoms with Gasteiger partial charge in [0, 0.05) is 31.7 Å². The molecule has 2 rings (SSSR count). The van der Waals surface area contributed by atoms with Crippen LogP contribution >= 0.6 is 0 Å². The SMILES string of the molecule is CC(=O)N(CCNC(=O)NC1CC1)c1c(C)cccc1C. The minimum atomic E-state index is -0.150. The van der Waals surface area contributed by atoms with Crippen LogP contribution in [0.1, 0.15) is 30.9 Å². The number of nitrogens with one attached hydrogen (secondary N) is 2. The highest BCUT2D eigenvalue weighted by Gasteiger charge is 2.23. The maximum absolute atomic E-state index is 11.9. The van der Waals surface area contributed by atoms with E-state index < -0.39 is 0 Å². The molecule has 2 N–H and O–H groups in total. The molecule has 0 atom stereocenters. The maximum Gasteiger partial charge on any atom is 0.315 e. The number of rotatable bonds is 5. The van der Waals surface area contributed by atoms with Gasteiger partial charge in [0.25, 0.3) is 0 Å². The van der Waals surface area contributed by atoms with Crippen molar-refractivity contribution in [3.8, 4) is 0 Å². The van der Waals surface area contributed by atoms with Gasteiger partial charge in [-0.05, 0) is 37.8 Å². The van der Waals surface area contributed by atoms with E-state index in [4.69, 9.17) is 0 Å². The molecule has 1 aliphatic carbocycles. The summed E-state index contributed by atoms with van der Waals surface area (Å²) in [6.45, 7) is 6.44. The molecule has 0 aliphatic heterocycles. The average Bonchev–Trinajstić information content (AvgIpc) is 3.20. The lowest BCUT2D eigenvalue weighted by atomic mass is 10.1. The highest BCUT2D eigenvalue weighted by molar-refractivity contribution is 5.93. The lowest BCUT2D eigenvalue weighted by molar-refractivity contribution is -0.116. The summed E-state index contributed by atoms with van der Waals surface area (Å²) in [5.41, 5.74) is 3.06. The number of para-hydroxylation sites is 1. The summed E-state index contributed by atoms with van der Waals surface area (Å²) in [5, 5.41) is 5.67. The predicted octanol–water partition coefficient (Wildman–Crippen LogP) is 2.12. The van der Waals surface area contributed by atoms with Crippen LogP contribution in [0, 0.1) is 13.8 Å². The van der Waals surface area contributed by atoms with Crippen LogP contribution in [0.2, 0.25) is 0 Å². The smallest absolute Gasteiger partial charge is 0.315 e.